The van der Waals surface area contributed by atoms with E-state index >= 15 is 0 Å². The Hall–Kier alpha value is -1.53. The molecule has 1 aromatic carbocycles. The van der Waals surface area contributed by atoms with Crippen LogP contribution >= 0.6 is 0 Å². The van der Waals surface area contributed by atoms with Gasteiger partial charge in [-0.3, -0.25) is 0 Å². The third kappa shape index (κ3) is 2.46. The Morgan fingerprint density at radius 3 is 2.92 bits per heavy atom. The van der Waals surface area contributed by atoms with Gasteiger partial charge in [0.05, 0.1) is 12.2 Å². The Morgan fingerprint density at radius 1 is 1.54 bits per heavy atom. The number of rotatable bonds is 3. The summed E-state index contributed by atoms with van der Waals surface area (Å²) in [6.07, 6.45) is 0. The molecule has 0 aliphatic carbocycles. The van der Waals surface area contributed by atoms with Crippen molar-refractivity contribution in [1.29, 1.82) is 5.26 Å². The van der Waals surface area contributed by atoms with Crippen molar-refractivity contribution in [2.75, 3.05) is 13.2 Å². The third-order valence-corrected chi connectivity index (χ3v) is 1.60. The molecule has 0 aliphatic rings. The van der Waals surface area contributed by atoms with E-state index in [2.05, 4.69) is 0 Å². The minimum atomic E-state index is -0.0429. The minimum absolute atomic E-state index is 0.0429. The van der Waals surface area contributed by atoms with E-state index in [1.165, 1.54) is 0 Å². The van der Waals surface area contributed by atoms with Crippen molar-refractivity contribution in [1.82, 2.24) is 0 Å². The van der Waals surface area contributed by atoms with E-state index in [1.807, 2.05) is 19.1 Å². The molecule has 0 radical (unpaired) electrons. The molecule has 0 amide bonds. The van der Waals surface area contributed by atoms with Crippen LogP contribution in [0.1, 0.15) is 11.1 Å². The summed E-state index contributed by atoms with van der Waals surface area (Å²) in [5.41, 5.74) is 1.53. The number of ether oxygens (including phenoxy) is 1. The summed E-state index contributed by atoms with van der Waals surface area (Å²) in [5, 5.41) is 17.3. The van der Waals surface area contributed by atoms with E-state index in [9.17, 15) is 0 Å². The zero-order chi connectivity index (χ0) is 9.68. The molecule has 0 spiro atoms. The van der Waals surface area contributed by atoms with Crippen molar-refractivity contribution in [3.63, 3.8) is 0 Å². The highest BCUT2D eigenvalue weighted by atomic mass is 16.5. The van der Waals surface area contributed by atoms with Gasteiger partial charge < -0.3 is 9.84 Å². The SMILES string of the molecule is Cc1ccc(OCCO)c(C#N)c1. The van der Waals surface area contributed by atoms with E-state index in [0.29, 0.717) is 11.3 Å². The van der Waals surface area contributed by atoms with Crippen molar-refractivity contribution >= 4 is 0 Å². The summed E-state index contributed by atoms with van der Waals surface area (Å²) in [6.45, 7) is 2.09. The quantitative estimate of drug-likeness (QED) is 0.755. The van der Waals surface area contributed by atoms with Crippen LogP contribution in [-0.4, -0.2) is 18.3 Å². The first-order chi connectivity index (χ1) is 6.27. The van der Waals surface area contributed by atoms with Crippen molar-refractivity contribution < 1.29 is 9.84 Å². The molecular formula is C10H11NO2. The number of nitrogens with zero attached hydrogens (tertiary/aromatic N) is 1. The van der Waals surface area contributed by atoms with Crippen LogP contribution in [0.3, 0.4) is 0 Å². The second kappa shape index (κ2) is 4.48. The van der Waals surface area contributed by atoms with Crippen LogP contribution in [0.4, 0.5) is 0 Å². The molecule has 0 aliphatic heterocycles. The molecule has 0 heterocycles. The van der Waals surface area contributed by atoms with Gasteiger partial charge in [0, 0.05) is 0 Å². The van der Waals surface area contributed by atoms with Gasteiger partial charge in [0.25, 0.3) is 0 Å². The number of hydrogen-bond acceptors (Lipinski definition) is 3. The van der Waals surface area contributed by atoms with Gasteiger partial charge in [-0.05, 0) is 24.6 Å². The summed E-state index contributed by atoms with van der Waals surface area (Å²) >= 11 is 0. The van der Waals surface area contributed by atoms with Crippen LogP contribution in [0, 0.1) is 18.3 Å². The first-order valence-electron chi connectivity index (χ1n) is 4.02. The number of aryl methyl sites for hydroxylation is 1. The zero-order valence-corrected chi connectivity index (χ0v) is 7.45. The summed E-state index contributed by atoms with van der Waals surface area (Å²) in [4.78, 5) is 0. The molecule has 0 aromatic heterocycles. The van der Waals surface area contributed by atoms with Crippen molar-refractivity contribution in [3.05, 3.63) is 29.3 Å². The molecule has 0 fully saturated rings. The van der Waals surface area contributed by atoms with Gasteiger partial charge in [-0.2, -0.15) is 5.26 Å². The molecule has 0 saturated carbocycles. The number of hydrogen-bond donors (Lipinski definition) is 1. The second-order valence-electron chi connectivity index (χ2n) is 2.68. The largest absolute Gasteiger partial charge is 0.490 e. The lowest BCUT2D eigenvalue weighted by Crippen LogP contribution is -2.02. The fourth-order valence-corrected chi connectivity index (χ4v) is 1.01. The summed E-state index contributed by atoms with van der Waals surface area (Å²) in [5.74, 6) is 0.530. The van der Waals surface area contributed by atoms with Gasteiger partial charge in [0.2, 0.25) is 0 Å². The molecule has 68 valence electrons. The Labute approximate surface area is 77.2 Å². The number of nitriles is 1. The van der Waals surface area contributed by atoms with Crippen LogP contribution in [-0.2, 0) is 0 Å². The topological polar surface area (TPSA) is 53.2 Å². The van der Waals surface area contributed by atoms with Gasteiger partial charge in [-0.25, -0.2) is 0 Å². The van der Waals surface area contributed by atoms with E-state index in [0.717, 1.165) is 5.56 Å². The highest BCUT2D eigenvalue weighted by Gasteiger charge is 2.01. The van der Waals surface area contributed by atoms with Crippen LogP contribution in [0.25, 0.3) is 0 Å². The summed E-state index contributed by atoms with van der Waals surface area (Å²) in [7, 11) is 0. The average molecular weight is 177 g/mol. The number of benzene rings is 1. The fraction of sp³-hybridized carbons (Fsp3) is 0.300. The van der Waals surface area contributed by atoms with Gasteiger partial charge in [-0.1, -0.05) is 6.07 Å². The smallest absolute Gasteiger partial charge is 0.137 e. The van der Waals surface area contributed by atoms with Gasteiger partial charge in [0.15, 0.2) is 0 Å². The van der Waals surface area contributed by atoms with E-state index in [1.54, 1.807) is 12.1 Å². The van der Waals surface area contributed by atoms with Crippen LogP contribution in [0.5, 0.6) is 5.75 Å². The lowest BCUT2D eigenvalue weighted by Gasteiger charge is -2.05. The number of aliphatic hydroxyl groups is 1. The Kier molecular flexibility index (Phi) is 3.30. The molecule has 0 atom stereocenters. The molecule has 3 nitrogen and oxygen atoms in total. The molecule has 3 heteroatoms. The second-order valence-corrected chi connectivity index (χ2v) is 2.68. The van der Waals surface area contributed by atoms with Gasteiger partial charge >= 0.3 is 0 Å². The molecule has 1 rings (SSSR count). The lowest BCUT2D eigenvalue weighted by molar-refractivity contribution is 0.201. The average Bonchev–Trinajstić information content (AvgIpc) is 2.16. The maximum atomic E-state index is 8.75. The van der Waals surface area contributed by atoms with E-state index in [-0.39, 0.29) is 13.2 Å². The normalized spacial score (nSPS) is 9.31. The van der Waals surface area contributed by atoms with Gasteiger partial charge in [-0.15, -0.1) is 0 Å². The summed E-state index contributed by atoms with van der Waals surface area (Å²) in [6, 6.07) is 7.40. The Balaban J connectivity index is 2.88. The van der Waals surface area contributed by atoms with Crippen LogP contribution < -0.4 is 4.74 Å². The van der Waals surface area contributed by atoms with Gasteiger partial charge in [0.1, 0.15) is 18.4 Å². The zero-order valence-electron chi connectivity index (χ0n) is 7.45. The molecule has 0 bridgehead atoms. The maximum Gasteiger partial charge on any atom is 0.137 e. The van der Waals surface area contributed by atoms with E-state index < -0.39 is 0 Å². The monoisotopic (exact) mass is 177 g/mol. The predicted molar refractivity (Wildman–Crippen MR) is 48.5 cm³/mol. The lowest BCUT2D eigenvalue weighted by atomic mass is 10.1. The molecule has 1 N–H and O–H groups in total. The highest BCUT2D eigenvalue weighted by Crippen LogP contribution is 2.18. The fourth-order valence-electron chi connectivity index (χ4n) is 1.01. The molecule has 1 aromatic rings. The van der Waals surface area contributed by atoms with Crippen LogP contribution in [0.15, 0.2) is 18.2 Å². The molecule has 0 unspecified atom stereocenters. The van der Waals surface area contributed by atoms with Crippen molar-refractivity contribution in [2.24, 2.45) is 0 Å². The molecule has 0 saturated heterocycles. The predicted octanol–water partition coefficient (Wildman–Crippen LogP) is 1.24. The third-order valence-electron chi connectivity index (χ3n) is 1.60. The highest BCUT2D eigenvalue weighted by molar-refractivity contribution is 5.45. The Morgan fingerprint density at radius 2 is 2.31 bits per heavy atom. The minimum Gasteiger partial charge on any atom is -0.490 e. The maximum absolute atomic E-state index is 8.75. The van der Waals surface area contributed by atoms with Crippen molar-refractivity contribution in [2.45, 2.75) is 6.92 Å². The first-order valence-corrected chi connectivity index (χ1v) is 4.02. The number of aliphatic hydroxyl groups excluding tert-OH is 1. The molecular weight excluding hydrogens is 166 g/mol. The summed E-state index contributed by atoms with van der Waals surface area (Å²) < 4.78 is 5.16. The Bertz CT molecular complexity index is 328. The molecule has 13 heavy (non-hydrogen) atoms. The first kappa shape index (κ1) is 9.56. The standard InChI is InChI=1S/C10H11NO2/c1-8-2-3-10(13-5-4-12)9(6-8)7-11/h2-3,6,12H,4-5H2,1H3. The van der Waals surface area contributed by atoms with Crippen molar-refractivity contribution in [3.8, 4) is 11.8 Å². The van der Waals surface area contributed by atoms with Crippen LogP contribution in [0.2, 0.25) is 0 Å². The van der Waals surface area contributed by atoms with E-state index in [4.69, 9.17) is 15.1 Å².